The average molecular weight is 312 g/mol. The number of carboxylic acid groups (broad SMARTS) is 1. The van der Waals surface area contributed by atoms with Gasteiger partial charge in [-0.3, -0.25) is 4.40 Å². The van der Waals surface area contributed by atoms with Crippen molar-refractivity contribution < 1.29 is 9.90 Å². The Morgan fingerprint density at radius 3 is 2.64 bits per heavy atom. The van der Waals surface area contributed by atoms with Crippen molar-refractivity contribution in [1.29, 1.82) is 0 Å². The third-order valence-corrected chi connectivity index (χ3v) is 5.45. The number of nitrogens with zero attached hydrogens (tertiary/aromatic N) is 2. The predicted octanol–water partition coefficient (Wildman–Crippen LogP) is 4.34. The Labute approximate surface area is 132 Å². The first kappa shape index (κ1) is 13.5. The lowest BCUT2D eigenvalue weighted by Gasteiger charge is -2.25. The van der Waals surface area contributed by atoms with Gasteiger partial charge in [0.05, 0.1) is 11.4 Å². The normalized spacial score (nSPS) is 15.1. The molecule has 5 heteroatoms. The molecule has 0 unspecified atom stereocenters. The fourth-order valence-electron chi connectivity index (χ4n) is 2.94. The highest BCUT2D eigenvalue weighted by atomic mass is 32.1. The third kappa shape index (κ3) is 2.04. The molecule has 1 aliphatic carbocycles. The van der Waals surface area contributed by atoms with Gasteiger partial charge in [-0.15, -0.1) is 0 Å². The molecule has 3 aromatic rings. The third-order valence-electron chi connectivity index (χ3n) is 4.39. The van der Waals surface area contributed by atoms with E-state index in [1.807, 2.05) is 10.6 Å². The number of hydrogen-bond donors (Lipinski definition) is 1. The summed E-state index contributed by atoms with van der Waals surface area (Å²) >= 11 is 1.28. The van der Waals surface area contributed by atoms with Crippen LogP contribution in [0, 0.1) is 6.92 Å². The Kier molecular flexibility index (Phi) is 3.04. The van der Waals surface area contributed by atoms with E-state index in [1.54, 1.807) is 0 Å². The summed E-state index contributed by atoms with van der Waals surface area (Å²) in [4.78, 5) is 17.4. The molecule has 0 amide bonds. The van der Waals surface area contributed by atoms with Gasteiger partial charge >= 0.3 is 5.97 Å². The molecule has 0 aliphatic heterocycles. The second-order valence-electron chi connectivity index (χ2n) is 5.89. The van der Waals surface area contributed by atoms with Gasteiger partial charge in [-0.25, -0.2) is 9.78 Å². The molecule has 1 aromatic carbocycles. The van der Waals surface area contributed by atoms with Crippen LogP contribution in [0.2, 0.25) is 0 Å². The standard InChI is InChI=1S/C17H16N2O2S/c1-10-5-7-11(8-6-10)13-9-19-14(12-3-2-4-12)15(16(20)21)22-17(19)18-13/h5-9,12H,2-4H2,1H3,(H,20,21). The van der Waals surface area contributed by atoms with Crippen LogP contribution in [0.4, 0.5) is 0 Å². The summed E-state index contributed by atoms with van der Waals surface area (Å²) < 4.78 is 1.99. The number of aromatic carboxylic acids is 1. The van der Waals surface area contributed by atoms with Gasteiger partial charge in [0.1, 0.15) is 4.88 Å². The summed E-state index contributed by atoms with van der Waals surface area (Å²) in [7, 11) is 0. The van der Waals surface area contributed by atoms with Gasteiger partial charge < -0.3 is 5.11 Å². The molecular formula is C17H16N2O2S. The minimum absolute atomic E-state index is 0.361. The van der Waals surface area contributed by atoms with Crippen LogP contribution in [-0.4, -0.2) is 20.5 Å². The summed E-state index contributed by atoms with van der Waals surface area (Å²) in [6.45, 7) is 2.06. The zero-order valence-corrected chi connectivity index (χ0v) is 13.1. The van der Waals surface area contributed by atoms with E-state index in [2.05, 4.69) is 36.2 Å². The smallest absolute Gasteiger partial charge is 0.347 e. The van der Waals surface area contributed by atoms with E-state index >= 15 is 0 Å². The second-order valence-corrected chi connectivity index (χ2v) is 6.87. The van der Waals surface area contributed by atoms with Crippen LogP contribution in [0.1, 0.15) is 46.1 Å². The number of carboxylic acids is 1. The molecule has 1 fully saturated rings. The summed E-state index contributed by atoms with van der Waals surface area (Å²) in [5.74, 6) is -0.478. The van der Waals surface area contributed by atoms with Crippen LogP contribution in [0.5, 0.6) is 0 Å². The maximum Gasteiger partial charge on any atom is 0.347 e. The van der Waals surface area contributed by atoms with E-state index in [9.17, 15) is 9.90 Å². The molecule has 22 heavy (non-hydrogen) atoms. The Morgan fingerprint density at radius 1 is 1.32 bits per heavy atom. The van der Waals surface area contributed by atoms with Crippen LogP contribution < -0.4 is 0 Å². The predicted molar refractivity (Wildman–Crippen MR) is 86.8 cm³/mol. The van der Waals surface area contributed by atoms with E-state index in [4.69, 9.17) is 0 Å². The van der Waals surface area contributed by atoms with Crippen molar-refractivity contribution in [3.63, 3.8) is 0 Å². The highest BCUT2D eigenvalue weighted by Crippen LogP contribution is 2.41. The summed E-state index contributed by atoms with van der Waals surface area (Å²) in [6, 6.07) is 8.25. The zero-order chi connectivity index (χ0) is 15.3. The van der Waals surface area contributed by atoms with Crippen LogP contribution >= 0.6 is 11.3 Å². The van der Waals surface area contributed by atoms with E-state index in [0.29, 0.717) is 10.8 Å². The van der Waals surface area contributed by atoms with E-state index in [0.717, 1.165) is 34.8 Å². The molecule has 4 nitrogen and oxygen atoms in total. The van der Waals surface area contributed by atoms with Crippen LogP contribution in [0.15, 0.2) is 30.5 Å². The largest absolute Gasteiger partial charge is 0.477 e. The van der Waals surface area contributed by atoms with Crippen molar-refractivity contribution in [2.45, 2.75) is 32.1 Å². The lowest BCUT2D eigenvalue weighted by molar-refractivity contribution is 0.0699. The van der Waals surface area contributed by atoms with Gasteiger partial charge in [0, 0.05) is 17.7 Å². The quantitative estimate of drug-likeness (QED) is 0.783. The fraction of sp³-hybridized carbons (Fsp3) is 0.294. The molecular weight excluding hydrogens is 296 g/mol. The number of fused-ring (bicyclic) bond motifs is 1. The molecule has 1 aliphatic rings. The van der Waals surface area contributed by atoms with Gasteiger partial charge in [-0.2, -0.15) is 0 Å². The highest BCUT2D eigenvalue weighted by molar-refractivity contribution is 7.19. The number of thiazole rings is 1. The van der Waals surface area contributed by atoms with Gasteiger partial charge in [0.2, 0.25) is 0 Å². The van der Waals surface area contributed by atoms with E-state index in [1.165, 1.54) is 23.3 Å². The molecule has 0 saturated heterocycles. The molecule has 2 heterocycles. The molecule has 1 N–H and O–H groups in total. The topological polar surface area (TPSA) is 54.6 Å². The summed E-state index contributed by atoms with van der Waals surface area (Å²) in [6.07, 6.45) is 5.31. The van der Waals surface area contributed by atoms with Gasteiger partial charge in [-0.1, -0.05) is 47.6 Å². The Bertz CT molecular complexity index is 857. The maximum atomic E-state index is 11.5. The molecule has 0 spiro atoms. The number of carbonyl (C=O) groups is 1. The lowest BCUT2D eigenvalue weighted by Crippen LogP contribution is -2.14. The maximum absolute atomic E-state index is 11.5. The van der Waals surface area contributed by atoms with Crippen molar-refractivity contribution in [1.82, 2.24) is 9.38 Å². The molecule has 0 bridgehead atoms. The van der Waals surface area contributed by atoms with Gasteiger partial charge in [0.25, 0.3) is 0 Å². The molecule has 2 aromatic heterocycles. The van der Waals surface area contributed by atoms with E-state index < -0.39 is 5.97 Å². The molecule has 4 rings (SSSR count). The number of benzene rings is 1. The van der Waals surface area contributed by atoms with Crippen molar-refractivity contribution in [3.05, 3.63) is 46.6 Å². The van der Waals surface area contributed by atoms with Crippen molar-refractivity contribution >= 4 is 22.3 Å². The molecule has 0 radical (unpaired) electrons. The number of aryl methyl sites for hydroxylation is 1. The number of imidazole rings is 1. The van der Waals surface area contributed by atoms with Crippen molar-refractivity contribution in [3.8, 4) is 11.3 Å². The Morgan fingerprint density at radius 2 is 2.05 bits per heavy atom. The highest BCUT2D eigenvalue weighted by Gasteiger charge is 2.30. The number of rotatable bonds is 3. The van der Waals surface area contributed by atoms with Crippen LogP contribution in [-0.2, 0) is 0 Å². The van der Waals surface area contributed by atoms with Gasteiger partial charge in [0.15, 0.2) is 4.96 Å². The monoisotopic (exact) mass is 312 g/mol. The second kappa shape index (κ2) is 4.95. The van der Waals surface area contributed by atoms with Gasteiger partial charge in [-0.05, 0) is 19.8 Å². The van der Waals surface area contributed by atoms with Crippen molar-refractivity contribution in [2.75, 3.05) is 0 Å². The minimum Gasteiger partial charge on any atom is -0.477 e. The average Bonchev–Trinajstić information content (AvgIpc) is 2.97. The van der Waals surface area contributed by atoms with Crippen LogP contribution in [0.3, 0.4) is 0 Å². The first-order chi connectivity index (χ1) is 10.6. The summed E-state index contributed by atoms with van der Waals surface area (Å²) in [5.41, 5.74) is 4.12. The molecule has 112 valence electrons. The Balaban J connectivity index is 1.85. The lowest BCUT2D eigenvalue weighted by atomic mass is 9.82. The van der Waals surface area contributed by atoms with Crippen molar-refractivity contribution in [2.24, 2.45) is 0 Å². The first-order valence-electron chi connectivity index (χ1n) is 7.45. The minimum atomic E-state index is -0.839. The zero-order valence-electron chi connectivity index (χ0n) is 12.2. The number of hydrogen-bond acceptors (Lipinski definition) is 3. The van der Waals surface area contributed by atoms with Crippen LogP contribution in [0.25, 0.3) is 16.2 Å². The SMILES string of the molecule is Cc1ccc(-c2cn3c(C4CCC4)c(C(=O)O)sc3n2)cc1. The first-order valence-corrected chi connectivity index (χ1v) is 8.27. The van der Waals surface area contributed by atoms with E-state index in [-0.39, 0.29) is 0 Å². The molecule has 0 atom stereocenters. The summed E-state index contributed by atoms with van der Waals surface area (Å²) in [5, 5.41) is 9.44. The Hall–Kier alpha value is -2.14. The molecule has 1 saturated carbocycles. The number of aromatic nitrogens is 2. The fourth-order valence-corrected chi connectivity index (χ4v) is 3.97.